The summed E-state index contributed by atoms with van der Waals surface area (Å²) in [4.78, 5) is 33.5. The predicted octanol–water partition coefficient (Wildman–Crippen LogP) is 5.42. The number of fused-ring (bicyclic) bond motifs is 1. The van der Waals surface area contributed by atoms with Crippen LogP contribution in [0.25, 0.3) is 0 Å². The van der Waals surface area contributed by atoms with E-state index < -0.39 is 0 Å². The maximum Gasteiger partial charge on any atom is 0.244 e. The number of carbonyl (C=O) groups is 2. The van der Waals surface area contributed by atoms with Gasteiger partial charge in [0.15, 0.2) is 0 Å². The number of nitrogens with zero attached hydrogens (tertiary/aromatic N) is 2. The Hall–Kier alpha value is -3.25. The smallest absolute Gasteiger partial charge is 0.244 e. The number of hydrogen-bond acceptors (Lipinski definition) is 4. The molecule has 0 radical (unpaired) electrons. The molecule has 0 bridgehead atoms. The first kappa shape index (κ1) is 21.0. The van der Waals surface area contributed by atoms with Crippen molar-refractivity contribution in [3.8, 4) is 0 Å². The second-order valence-electron chi connectivity index (χ2n) is 7.72. The number of amides is 2. The molecule has 4 rings (SSSR count). The van der Waals surface area contributed by atoms with E-state index in [9.17, 15) is 9.59 Å². The summed E-state index contributed by atoms with van der Waals surface area (Å²) >= 11 is 1.56. The summed E-state index contributed by atoms with van der Waals surface area (Å²) < 4.78 is 0. The summed E-state index contributed by atoms with van der Waals surface area (Å²) in [5.74, 6) is -0.364. The zero-order valence-electron chi connectivity index (χ0n) is 17.9. The molecule has 1 aliphatic rings. The lowest BCUT2D eigenvalue weighted by Gasteiger charge is -2.23. The van der Waals surface area contributed by atoms with E-state index >= 15 is 0 Å². The van der Waals surface area contributed by atoms with Crippen LogP contribution < -0.4 is 10.2 Å². The average molecular weight is 432 g/mol. The van der Waals surface area contributed by atoms with E-state index in [4.69, 9.17) is 4.99 Å². The van der Waals surface area contributed by atoms with Crippen LogP contribution in [0, 0.1) is 13.8 Å². The largest absolute Gasteiger partial charge is 0.325 e. The van der Waals surface area contributed by atoms with Crippen molar-refractivity contribution in [1.82, 2.24) is 0 Å². The van der Waals surface area contributed by atoms with Crippen molar-refractivity contribution in [1.29, 1.82) is 0 Å². The molecule has 158 valence electrons. The molecule has 0 saturated carbocycles. The fourth-order valence-electron chi connectivity index (χ4n) is 3.62. The molecule has 3 aromatic rings. The molecule has 2 heterocycles. The Morgan fingerprint density at radius 2 is 1.94 bits per heavy atom. The van der Waals surface area contributed by atoms with Crippen LogP contribution in [0.15, 0.2) is 58.9 Å². The van der Waals surface area contributed by atoms with Crippen molar-refractivity contribution in [2.45, 2.75) is 33.6 Å². The summed E-state index contributed by atoms with van der Waals surface area (Å²) in [6.45, 7) is 6.05. The van der Waals surface area contributed by atoms with Crippen LogP contribution in [0.4, 0.5) is 17.1 Å². The zero-order valence-corrected chi connectivity index (χ0v) is 18.8. The van der Waals surface area contributed by atoms with Gasteiger partial charge < -0.3 is 10.2 Å². The van der Waals surface area contributed by atoms with Crippen molar-refractivity contribution in [3.63, 3.8) is 0 Å². The number of aliphatic imine (C=N–C) groups is 1. The van der Waals surface area contributed by atoms with Crippen LogP contribution in [-0.2, 0) is 16.0 Å². The predicted molar refractivity (Wildman–Crippen MR) is 128 cm³/mol. The second kappa shape index (κ2) is 8.86. The molecule has 2 amide bonds. The Balaban J connectivity index is 1.65. The molecule has 6 heteroatoms. The van der Waals surface area contributed by atoms with Crippen molar-refractivity contribution in [2.24, 2.45) is 4.99 Å². The van der Waals surface area contributed by atoms with Crippen LogP contribution >= 0.6 is 11.3 Å². The molecule has 0 saturated heterocycles. The molecule has 1 N–H and O–H groups in total. The van der Waals surface area contributed by atoms with Gasteiger partial charge in [0.2, 0.25) is 11.8 Å². The van der Waals surface area contributed by atoms with Gasteiger partial charge in [-0.15, -0.1) is 11.3 Å². The number of rotatable bonds is 5. The van der Waals surface area contributed by atoms with Crippen LogP contribution in [0.1, 0.15) is 34.9 Å². The highest BCUT2D eigenvalue weighted by Crippen LogP contribution is 2.36. The Labute approximate surface area is 186 Å². The first-order valence-corrected chi connectivity index (χ1v) is 11.2. The number of hydrogen-bond donors (Lipinski definition) is 1. The molecule has 0 unspecified atom stereocenters. The second-order valence-corrected chi connectivity index (χ2v) is 8.67. The molecule has 0 fully saturated rings. The summed E-state index contributed by atoms with van der Waals surface area (Å²) in [5.41, 5.74) is 6.18. The van der Waals surface area contributed by atoms with Gasteiger partial charge in [-0.2, -0.15) is 0 Å². The van der Waals surface area contributed by atoms with Gasteiger partial charge in [0.1, 0.15) is 6.54 Å². The van der Waals surface area contributed by atoms with E-state index in [1.807, 2.05) is 67.8 Å². The fourth-order valence-corrected chi connectivity index (χ4v) is 4.34. The molecular formula is C25H25N3O2S. The van der Waals surface area contributed by atoms with E-state index in [-0.39, 0.29) is 24.8 Å². The third kappa shape index (κ3) is 4.59. The van der Waals surface area contributed by atoms with Crippen LogP contribution in [0.5, 0.6) is 0 Å². The highest BCUT2D eigenvalue weighted by atomic mass is 32.1. The first-order chi connectivity index (χ1) is 14.9. The number of benzene rings is 2. The lowest BCUT2D eigenvalue weighted by Crippen LogP contribution is -2.38. The summed E-state index contributed by atoms with van der Waals surface area (Å²) in [6, 6.07) is 15.6. The highest BCUT2D eigenvalue weighted by molar-refractivity contribution is 7.12. The van der Waals surface area contributed by atoms with Gasteiger partial charge in [-0.1, -0.05) is 25.1 Å². The van der Waals surface area contributed by atoms with E-state index in [0.717, 1.165) is 45.1 Å². The summed E-state index contributed by atoms with van der Waals surface area (Å²) in [7, 11) is 0. The van der Waals surface area contributed by atoms with Crippen molar-refractivity contribution in [2.75, 3.05) is 16.8 Å². The molecule has 2 aromatic carbocycles. The molecule has 0 aliphatic carbocycles. The number of nitrogens with one attached hydrogen (secondary N) is 1. The Kier molecular flexibility index (Phi) is 6.00. The summed E-state index contributed by atoms with van der Waals surface area (Å²) in [6.07, 6.45) is 1.05. The Morgan fingerprint density at radius 3 is 2.68 bits per heavy atom. The normalized spacial score (nSPS) is 13.5. The maximum atomic E-state index is 13.2. The number of carbonyl (C=O) groups excluding carboxylic acids is 2. The minimum atomic E-state index is -0.231. The topological polar surface area (TPSA) is 61.8 Å². The van der Waals surface area contributed by atoms with E-state index in [2.05, 4.69) is 12.2 Å². The van der Waals surface area contributed by atoms with E-state index in [0.29, 0.717) is 5.69 Å². The standard InChI is InChI=1S/C25H25N3O2S/c1-4-18-7-5-8-19(13-18)26-24(29)15-28-22-12-17(3)16(2)11-20(22)27-21(14-25(28)30)23-9-6-10-31-23/h5-13H,4,14-15H2,1-3H3,(H,26,29). The molecule has 1 aromatic heterocycles. The highest BCUT2D eigenvalue weighted by Gasteiger charge is 2.27. The lowest BCUT2D eigenvalue weighted by molar-refractivity contribution is -0.120. The minimum Gasteiger partial charge on any atom is -0.325 e. The molecule has 31 heavy (non-hydrogen) atoms. The van der Waals surface area contributed by atoms with Gasteiger partial charge in [0.25, 0.3) is 0 Å². The SMILES string of the molecule is CCc1cccc(NC(=O)CN2C(=O)CC(c3cccs3)=Nc3cc(C)c(C)cc32)c1. The molecule has 0 spiro atoms. The molecular weight excluding hydrogens is 406 g/mol. The fraction of sp³-hybridized carbons (Fsp3) is 0.240. The summed E-state index contributed by atoms with van der Waals surface area (Å²) in [5, 5.41) is 4.91. The molecule has 1 aliphatic heterocycles. The average Bonchev–Trinajstić information content (AvgIpc) is 3.25. The third-order valence-electron chi connectivity index (χ3n) is 5.48. The van der Waals surface area contributed by atoms with Gasteiger partial charge in [-0.3, -0.25) is 9.59 Å². The van der Waals surface area contributed by atoms with Gasteiger partial charge >= 0.3 is 0 Å². The van der Waals surface area contributed by atoms with Gasteiger partial charge in [-0.05, 0) is 72.7 Å². The van der Waals surface area contributed by atoms with E-state index in [1.54, 1.807) is 16.2 Å². The lowest BCUT2D eigenvalue weighted by atomic mass is 10.1. The Morgan fingerprint density at radius 1 is 1.13 bits per heavy atom. The van der Waals surface area contributed by atoms with Crippen LogP contribution in [-0.4, -0.2) is 24.1 Å². The van der Waals surface area contributed by atoms with Crippen LogP contribution in [0.3, 0.4) is 0 Å². The number of thiophene rings is 1. The van der Waals surface area contributed by atoms with Gasteiger partial charge in [0, 0.05) is 10.6 Å². The van der Waals surface area contributed by atoms with E-state index in [1.165, 1.54) is 0 Å². The number of aryl methyl sites for hydroxylation is 3. The third-order valence-corrected chi connectivity index (χ3v) is 6.40. The quantitative estimate of drug-likeness (QED) is 0.586. The van der Waals surface area contributed by atoms with Crippen molar-refractivity contribution < 1.29 is 9.59 Å². The van der Waals surface area contributed by atoms with Crippen molar-refractivity contribution in [3.05, 3.63) is 75.5 Å². The van der Waals surface area contributed by atoms with Gasteiger partial charge in [0.05, 0.1) is 23.5 Å². The number of anilines is 2. The van der Waals surface area contributed by atoms with Crippen molar-refractivity contribution >= 4 is 45.9 Å². The zero-order chi connectivity index (χ0) is 22.0. The van der Waals surface area contributed by atoms with Gasteiger partial charge in [-0.25, -0.2) is 4.99 Å². The molecule has 5 nitrogen and oxygen atoms in total. The Bertz CT molecular complexity index is 1170. The monoisotopic (exact) mass is 431 g/mol. The first-order valence-electron chi connectivity index (χ1n) is 10.4. The maximum absolute atomic E-state index is 13.2. The molecule has 0 atom stereocenters. The van der Waals surface area contributed by atoms with Crippen LogP contribution in [0.2, 0.25) is 0 Å². The minimum absolute atomic E-state index is 0.0576.